The molecule has 0 saturated carbocycles. The molecule has 0 N–H and O–H groups in total. The molecule has 1 radical (unpaired) electrons. The molecule has 0 saturated heterocycles. The summed E-state index contributed by atoms with van der Waals surface area (Å²) in [4.78, 5) is 0. The Balaban J connectivity index is 2.19. The van der Waals surface area contributed by atoms with Gasteiger partial charge in [-0.15, -0.1) is 0 Å². The zero-order chi connectivity index (χ0) is 15.7. The van der Waals surface area contributed by atoms with E-state index in [1.807, 2.05) is 0 Å². The molecule has 0 heteroatoms. The van der Waals surface area contributed by atoms with Crippen LogP contribution in [0, 0.1) is 33.8 Å². The van der Waals surface area contributed by atoms with Gasteiger partial charge in [0.15, 0.2) is 0 Å². The molecule has 0 fully saturated rings. The van der Waals surface area contributed by atoms with Gasteiger partial charge in [0.2, 0.25) is 0 Å². The molecular weight excluding hydrogens is 264 g/mol. The highest BCUT2D eigenvalue weighted by atomic mass is 14.1. The van der Waals surface area contributed by atoms with Gasteiger partial charge in [0.1, 0.15) is 0 Å². The summed E-state index contributed by atoms with van der Waals surface area (Å²) >= 11 is 0. The molecule has 3 aromatic carbocycles. The van der Waals surface area contributed by atoms with Crippen LogP contribution in [0.15, 0.2) is 54.6 Å². The average Bonchev–Trinajstić information content (AvgIpc) is 2.47. The van der Waals surface area contributed by atoms with Gasteiger partial charge in [-0.25, -0.2) is 0 Å². The van der Waals surface area contributed by atoms with E-state index in [9.17, 15) is 0 Å². The van der Waals surface area contributed by atoms with E-state index in [0.29, 0.717) is 0 Å². The van der Waals surface area contributed by atoms with Gasteiger partial charge in [-0.2, -0.15) is 0 Å². The van der Waals surface area contributed by atoms with Crippen LogP contribution < -0.4 is 0 Å². The molecule has 109 valence electrons. The van der Waals surface area contributed by atoms with Gasteiger partial charge in [-0.3, -0.25) is 0 Å². The van der Waals surface area contributed by atoms with E-state index >= 15 is 0 Å². The van der Waals surface area contributed by atoms with E-state index in [2.05, 4.69) is 88.4 Å². The van der Waals surface area contributed by atoms with Crippen LogP contribution in [-0.2, 0) is 0 Å². The van der Waals surface area contributed by atoms with Gasteiger partial charge >= 0.3 is 0 Å². The SMILES string of the molecule is Cc1cccc(C)c1-c1c[c]cc(-c2c(C)cccc2C)c1. The third-order valence-electron chi connectivity index (χ3n) is 4.33. The summed E-state index contributed by atoms with van der Waals surface area (Å²) in [5.74, 6) is 0. The minimum atomic E-state index is 1.25. The Bertz CT molecular complexity index is 718. The van der Waals surface area contributed by atoms with Crippen LogP contribution in [-0.4, -0.2) is 0 Å². The molecule has 0 aliphatic carbocycles. The van der Waals surface area contributed by atoms with Crippen LogP contribution in [0.1, 0.15) is 22.3 Å². The van der Waals surface area contributed by atoms with E-state index in [-0.39, 0.29) is 0 Å². The lowest BCUT2D eigenvalue weighted by Gasteiger charge is -2.14. The lowest BCUT2D eigenvalue weighted by Crippen LogP contribution is -1.91. The van der Waals surface area contributed by atoms with Crippen LogP contribution in [0.4, 0.5) is 0 Å². The van der Waals surface area contributed by atoms with E-state index in [0.717, 1.165) is 0 Å². The first-order valence-corrected chi connectivity index (χ1v) is 7.72. The molecule has 22 heavy (non-hydrogen) atoms. The maximum absolute atomic E-state index is 3.34. The van der Waals surface area contributed by atoms with Crippen molar-refractivity contribution in [3.63, 3.8) is 0 Å². The van der Waals surface area contributed by atoms with Gasteiger partial charge in [-0.05, 0) is 96.5 Å². The molecule has 3 aromatic rings. The number of aryl methyl sites for hydroxylation is 4. The fourth-order valence-corrected chi connectivity index (χ4v) is 3.30. The molecule has 0 amide bonds. The summed E-state index contributed by atoms with van der Waals surface area (Å²) in [6.07, 6.45) is 0. The van der Waals surface area contributed by atoms with E-state index < -0.39 is 0 Å². The van der Waals surface area contributed by atoms with Crippen molar-refractivity contribution < 1.29 is 0 Å². The second-order valence-corrected chi connectivity index (χ2v) is 6.04. The number of hydrogen-bond acceptors (Lipinski definition) is 0. The maximum atomic E-state index is 3.34. The molecule has 0 spiro atoms. The maximum Gasteiger partial charge on any atom is -0.0125 e. The zero-order valence-corrected chi connectivity index (χ0v) is 13.7. The van der Waals surface area contributed by atoms with Gasteiger partial charge in [0.05, 0.1) is 0 Å². The lowest BCUT2D eigenvalue weighted by molar-refractivity contribution is 1.36. The fourth-order valence-electron chi connectivity index (χ4n) is 3.30. The van der Waals surface area contributed by atoms with Crippen molar-refractivity contribution >= 4 is 0 Å². The van der Waals surface area contributed by atoms with Crippen molar-refractivity contribution in [3.8, 4) is 22.3 Å². The normalized spacial score (nSPS) is 10.7. The third-order valence-corrected chi connectivity index (χ3v) is 4.33. The van der Waals surface area contributed by atoms with Crippen LogP contribution in [0.2, 0.25) is 0 Å². The lowest BCUT2D eigenvalue weighted by atomic mass is 9.91. The Morgan fingerprint density at radius 1 is 0.591 bits per heavy atom. The Kier molecular flexibility index (Phi) is 3.85. The Morgan fingerprint density at radius 2 is 0.955 bits per heavy atom. The molecular formula is C22H21. The minimum Gasteiger partial charge on any atom is -0.0617 e. The van der Waals surface area contributed by atoms with Crippen LogP contribution in [0.25, 0.3) is 22.3 Å². The topological polar surface area (TPSA) is 0 Å². The van der Waals surface area contributed by atoms with E-state index in [1.165, 1.54) is 44.5 Å². The second kappa shape index (κ2) is 5.81. The number of benzene rings is 3. The molecule has 0 aliphatic heterocycles. The van der Waals surface area contributed by atoms with Gasteiger partial charge < -0.3 is 0 Å². The molecule has 0 nitrogen and oxygen atoms in total. The quantitative estimate of drug-likeness (QED) is 0.537. The van der Waals surface area contributed by atoms with E-state index in [1.54, 1.807) is 0 Å². The summed E-state index contributed by atoms with van der Waals surface area (Å²) in [6.45, 7) is 8.70. The average molecular weight is 285 g/mol. The van der Waals surface area contributed by atoms with Crippen molar-refractivity contribution in [3.05, 3.63) is 82.9 Å². The highest BCUT2D eigenvalue weighted by Crippen LogP contribution is 2.33. The smallest absolute Gasteiger partial charge is 0.0125 e. The summed E-state index contributed by atoms with van der Waals surface area (Å²) in [7, 11) is 0. The largest absolute Gasteiger partial charge is 0.0617 e. The first-order chi connectivity index (χ1) is 10.6. The predicted molar refractivity (Wildman–Crippen MR) is 95.1 cm³/mol. The molecule has 0 aromatic heterocycles. The number of rotatable bonds is 2. The van der Waals surface area contributed by atoms with Gasteiger partial charge in [0.25, 0.3) is 0 Å². The molecule has 3 rings (SSSR count). The van der Waals surface area contributed by atoms with Crippen molar-refractivity contribution in [1.82, 2.24) is 0 Å². The Hall–Kier alpha value is -2.34. The Labute approximate surface area is 133 Å². The minimum absolute atomic E-state index is 1.25. The number of hydrogen-bond donors (Lipinski definition) is 0. The monoisotopic (exact) mass is 285 g/mol. The summed E-state index contributed by atoms with van der Waals surface area (Å²) in [6, 6.07) is 22.7. The fraction of sp³-hybridized carbons (Fsp3) is 0.182. The van der Waals surface area contributed by atoms with Crippen molar-refractivity contribution in [2.24, 2.45) is 0 Å². The molecule has 0 bridgehead atoms. The van der Waals surface area contributed by atoms with Crippen molar-refractivity contribution in [2.45, 2.75) is 27.7 Å². The highest BCUT2D eigenvalue weighted by molar-refractivity contribution is 5.78. The highest BCUT2D eigenvalue weighted by Gasteiger charge is 2.09. The van der Waals surface area contributed by atoms with Crippen LogP contribution in [0.5, 0.6) is 0 Å². The summed E-state index contributed by atoms with van der Waals surface area (Å²) in [5.41, 5.74) is 10.4. The van der Waals surface area contributed by atoms with Crippen molar-refractivity contribution in [2.75, 3.05) is 0 Å². The molecule has 0 aliphatic rings. The van der Waals surface area contributed by atoms with Crippen molar-refractivity contribution in [1.29, 1.82) is 0 Å². The second-order valence-electron chi connectivity index (χ2n) is 6.04. The molecule has 0 atom stereocenters. The zero-order valence-electron chi connectivity index (χ0n) is 13.7. The van der Waals surface area contributed by atoms with Crippen LogP contribution >= 0.6 is 0 Å². The summed E-state index contributed by atoms with van der Waals surface area (Å²) < 4.78 is 0. The van der Waals surface area contributed by atoms with E-state index in [4.69, 9.17) is 0 Å². The standard InChI is InChI=1S/C22H21/c1-15-8-5-9-16(2)21(15)19-12-7-13-20(14-19)22-17(3)10-6-11-18(22)4/h5-6,8-14H,1-4H3. The molecule has 0 heterocycles. The summed E-state index contributed by atoms with van der Waals surface area (Å²) in [5, 5.41) is 0. The van der Waals surface area contributed by atoms with Gasteiger partial charge in [0, 0.05) is 0 Å². The third kappa shape index (κ3) is 2.57. The van der Waals surface area contributed by atoms with Crippen LogP contribution in [0.3, 0.4) is 0 Å². The molecule has 0 unspecified atom stereocenters. The first-order valence-electron chi connectivity index (χ1n) is 7.72. The Morgan fingerprint density at radius 3 is 1.32 bits per heavy atom. The first kappa shape index (κ1) is 14.6. The predicted octanol–water partition coefficient (Wildman–Crippen LogP) is 6.05. The van der Waals surface area contributed by atoms with Gasteiger partial charge in [-0.1, -0.05) is 36.4 Å².